The van der Waals surface area contributed by atoms with E-state index < -0.39 is 17.3 Å². The van der Waals surface area contributed by atoms with Crippen LogP contribution >= 0.6 is 11.6 Å². The molecule has 1 aliphatic heterocycles. The van der Waals surface area contributed by atoms with Crippen molar-refractivity contribution >= 4 is 28.2 Å². The lowest BCUT2D eigenvalue weighted by molar-refractivity contribution is -0.286. The fourth-order valence-corrected chi connectivity index (χ4v) is 5.22. The molecule has 1 aromatic heterocycles. The van der Waals surface area contributed by atoms with Crippen molar-refractivity contribution in [1.82, 2.24) is 9.78 Å². The van der Waals surface area contributed by atoms with Gasteiger partial charge in [-0.1, -0.05) is 43.1 Å². The summed E-state index contributed by atoms with van der Waals surface area (Å²) in [6.07, 6.45) is -0.874. The van der Waals surface area contributed by atoms with Crippen LogP contribution in [0.4, 0.5) is 8.78 Å². The Morgan fingerprint density at radius 2 is 1.85 bits per heavy atom. The average molecular weight is 567 g/mol. The van der Waals surface area contributed by atoms with Gasteiger partial charge in [0.05, 0.1) is 23.1 Å². The van der Waals surface area contributed by atoms with Crippen molar-refractivity contribution in [2.45, 2.75) is 50.9 Å². The highest BCUT2D eigenvalue weighted by Crippen LogP contribution is 2.52. The lowest BCUT2D eigenvalue weighted by Gasteiger charge is -2.17. The molecule has 40 heavy (non-hydrogen) atoms. The minimum absolute atomic E-state index is 0.0902. The maximum Gasteiger partial charge on any atom is 0.586 e. The molecule has 2 aliphatic rings. The van der Waals surface area contributed by atoms with E-state index in [-0.39, 0.29) is 23.8 Å². The molecule has 3 aromatic carbocycles. The van der Waals surface area contributed by atoms with Gasteiger partial charge < -0.3 is 14.2 Å². The van der Waals surface area contributed by atoms with E-state index in [2.05, 4.69) is 21.5 Å². The Bertz CT molecular complexity index is 1700. The number of carbonyl (C=O) groups is 1. The summed E-state index contributed by atoms with van der Waals surface area (Å²) in [5.41, 5.74) is 0.369. The van der Waals surface area contributed by atoms with E-state index in [9.17, 15) is 18.4 Å². The number of hydrogen-bond donors (Lipinski definition) is 0. The Morgan fingerprint density at radius 3 is 2.60 bits per heavy atom. The van der Waals surface area contributed by atoms with Gasteiger partial charge in [-0.2, -0.15) is 5.10 Å². The molecule has 0 spiro atoms. The third kappa shape index (κ3) is 4.79. The number of aromatic nitrogens is 2. The summed E-state index contributed by atoms with van der Waals surface area (Å²) in [5, 5.41) is 6.09. The lowest BCUT2D eigenvalue weighted by Crippen LogP contribution is -2.32. The van der Waals surface area contributed by atoms with Gasteiger partial charge in [0, 0.05) is 16.0 Å². The summed E-state index contributed by atoms with van der Waals surface area (Å²) >= 11 is 6.25. The highest BCUT2D eigenvalue weighted by molar-refractivity contribution is 6.30. The van der Waals surface area contributed by atoms with Gasteiger partial charge in [0.1, 0.15) is 12.3 Å². The molecule has 0 atom stereocenters. The van der Waals surface area contributed by atoms with E-state index in [1.807, 2.05) is 6.07 Å². The standard InChI is InChI=1S/C30H25ClF2N2O5/c1-2-3-13-38-21-8-9-22-23(16-21)28(37)35(34-27(22)18-5-4-6-20(31)14-18)17-26(36)29(11-12-29)19-7-10-24-25(15-19)40-30(32,33)39-24/h4-10,14-16H,2-3,11-13,17H2,1H3. The van der Waals surface area contributed by atoms with Crippen molar-refractivity contribution in [2.75, 3.05) is 6.61 Å². The zero-order valence-corrected chi connectivity index (χ0v) is 22.3. The first-order chi connectivity index (χ1) is 19.2. The van der Waals surface area contributed by atoms with Crippen LogP contribution in [0.1, 0.15) is 38.2 Å². The molecule has 1 aliphatic carbocycles. The van der Waals surface area contributed by atoms with Crippen molar-refractivity contribution in [3.63, 3.8) is 0 Å². The number of rotatable bonds is 9. The molecular formula is C30H25ClF2N2O5. The SMILES string of the molecule is CCCCOc1ccc2c(-c3cccc(Cl)c3)nn(CC(=O)C3(c4ccc5c(c4)OC(F)(F)O5)CC3)c(=O)c2c1. The van der Waals surface area contributed by atoms with Gasteiger partial charge in [-0.05, 0) is 67.3 Å². The summed E-state index contributed by atoms with van der Waals surface area (Å²) < 4.78 is 43.2. The van der Waals surface area contributed by atoms with Crippen LogP contribution in [0.15, 0.2) is 65.5 Å². The van der Waals surface area contributed by atoms with Crippen LogP contribution in [0.2, 0.25) is 5.02 Å². The van der Waals surface area contributed by atoms with E-state index in [1.165, 1.54) is 12.1 Å². The van der Waals surface area contributed by atoms with Crippen LogP contribution < -0.4 is 19.8 Å². The maximum atomic E-state index is 13.7. The van der Waals surface area contributed by atoms with Crippen LogP contribution in [0.3, 0.4) is 0 Å². The van der Waals surface area contributed by atoms with Crippen LogP contribution in [-0.4, -0.2) is 28.5 Å². The normalized spacial score (nSPS) is 16.2. The van der Waals surface area contributed by atoms with E-state index in [1.54, 1.807) is 42.5 Å². The number of nitrogens with zero attached hydrogens (tertiary/aromatic N) is 2. The van der Waals surface area contributed by atoms with Crippen molar-refractivity contribution in [3.8, 4) is 28.5 Å². The van der Waals surface area contributed by atoms with Crippen molar-refractivity contribution in [1.29, 1.82) is 0 Å². The maximum absolute atomic E-state index is 13.7. The number of ether oxygens (including phenoxy) is 3. The topological polar surface area (TPSA) is 79.7 Å². The molecule has 206 valence electrons. The molecule has 10 heteroatoms. The number of halogens is 3. The van der Waals surface area contributed by atoms with Crippen LogP contribution in [0, 0.1) is 0 Å². The molecule has 0 radical (unpaired) electrons. The van der Waals surface area contributed by atoms with E-state index in [4.69, 9.17) is 16.3 Å². The van der Waals surface area contributed by atoms with Gasteiger partial charge in [0.2, 0.25) is 0 Å². The molecule has 0 saturated heterocycles. The average Bonchev–Trinajstić information content (AvgIpc) is 3.67. The molecule has 2 heterocycles. The highest BCUT2D eigenvalue weighted by Gasteiger charge is 2.52. The number of carbonyl (C=O) groups excluding carboxylic acids is 1. The van der Waals surface area contributed by atoms with Crippen molar-refractivity contribution in [3.05, 3.63) is 81.6 Å². The molecule has 6 rings (SSSR count). The van der Waals surface area contributed by atoms with Crippen LogP contribution in [0.5, 0.6) is 17.2 Å². The summed E-state index contributed by atoms with van der Waals surface area (Å²) in [4.78, 5) is 27.3. The van der Waals surface area contributed by atoms with Crippen molar-refractivity contribution in [2.24, 2.45) is 0 Å². The number of ketones is 1. The smallest absolute Gasteiger partial charge is 0.494 e. The van der Waals surface area contributed by atoms with Gasteiger partial charge >= 0.3 is 6.29 Å². The molecule has 1 saturated carbocycles. The van der Waals surface area contributed by atoms with E-state index in [0.29, 0.717) is 57.8 Å². The molecule has 0 unspecified atom stereocenters. The number of fused-ring (bicyclic) bond motifs is 2. The number of unbranched alkanes of at least 4 members (excludes halogenated alkanes) is 1. The molecule has 4 aromatic rings. The largest absolute Gasteiger partial charge is 0.586 e. The third-order valence-electron chi connectivity index (χ3n) is 7.33. The monoisotopic (exact) mass is 566 g/mol. The summed E-state index contributed by atoms with van der Waals surface area (Å²) in [7, 11) is 0. The van der Waals surface area contributed by atoms with Crippen molar-refractivity contribution < 1.29 is 27.8 Å². The Hall–Kier alpha value is -3.98. The summed E-state index contributed by atoms with van der Waals surface area (Å²) in [5.74, 6) is 0.0865. The minimum atomic E-state index is -3.75. The zero-order valence-electron chi connectivity index (χ0n) is 21.6. The zero-order chi connectivity index (χ0) is 28.1. The number of benzene rings is 3. The Labute approximate surface area is 233 Å². The molecule has 1 fully saturated rings. The fourth-order valence-electron chi connectivity index (χ4n) is 5.03. The first-order valence-electron chi connectivity index (χ1n) is 13.1. The lowest BCUT2D eigenvalue weighted by atomic mass is 9.91. The summed E-state index contributed by atoms with van der Waals surface area (Å²) in [6, 6.07) is 16.7. The Kier molecular flexibility index (Phi) is 6.49. The predicted octanol–water partition coefficient (Wildman–Crippen LogP) is 6.52. The van der Waals surface area contributed by atoms with Crippen LogP contribution in [-0.2, 0) is 16.8 Å². The van der Waals surface area contributed by atoms with Gasteiger partial charge in [-0.3, -0.25) is 9.59 Å². The van der Waals surface area contributed by atoms with Gasteiger partial charge in [-0.25, -0.2) is 4.68 Å². The first-order valence-corrected chi connectivity index (χ1v) is 13.4. The number of hydrogen-bond acceptors (Lipinski definition) is 6. The van der Waals surface area contributed by atoms with Gasteiger partial charge in [0.25, 0.3) is 5.56 Å². The quantitative estimate of drug-likeness (QED) is 0.215. The number of alkyl halides is 2. The molecule has 7 nitrogen and oxygen atoms in total. The second-order valence-corrected chi connectivity index (χ2v) is 10.5. The minimum Gasteiger partial charge on any atom is -0.494 e. The molecule has 0 N–H and O–H groups in total. The van der Waals surface area contributed by atoms with E-state index >= 15 is 0 Å². The highest BCUT2D eigenvalue weighted by atomic mass is 35.5. The first kappa shape index (κ1) is 26.3. The van der Waals surface area contributed by atoms with Crippen LogP contribution in [0.25, 0.3) is 22.0 Å². The Balaban J connectivity index is 1.38. The second-order valence-electron chi connectivity index (χ2n) is 10.1. The summed E-state index contributed by atoms with van der Waals surface area (Å²) in [6.45, 7) is 2.28. The second kappa shape index (κ2) is 9.89. The van der Waals surface area contributed by atoms with Gasteiger partial charge in [-0.15, -0.1) is 8.78 Å². The molecular weight excluding hydrogens is 542 g/mol. The van der Waals surface area contributed by atoms with E-state index in [0.717, 1.165) is 17.5 Å². The predicted molar refractivity (Wildman–Crippen MR) is 145 cm³/mol. The Morgan fingerprint density at radius 1 is 1.05 bits per heavy atom. The third-order valence-corrected chi connectivity index (χ3v) is 7.56. The molecule has 0 amide bonds. The van der Waals surface area contributed by atoms with Gasteiger partial charge in [0.15, 0.2) is 17.3 Å². The fraction of sp³-hybridized carbons (Fsp3) is 0.300. The molecule has 0 bridgehead atoms. The number of Topliss-reactive ketones (excluding diaryl/α,β-unsaturated/α-hetero) is 1.